The highest BCUT2D eigenvalue weighted by atomic mass is 16.5. The first kappa shape index (κ1) is 16.6. The third-order valence-electron chi connectivity index (χ3n) is 4.47. The highest BCUT2D eigenvalue weighted by Crippen LogP contribution is 2.33. The normalized spacial score (nSPS) is 19.8. The third-order valence-corrected chi connectivity index (χ3v) is 4.47. The second-order valence-electron chi connectivity index (χ2n) is 6.13. The molecule has 1 aliphatic heterocycles. The van der Waals surface area contributed by atoms with Gasteiger partial charge in [0, 0.05) is 50.8 Å². The number of hydrogen-bond donors (Lipinski definition) is 1. The first-order chi connectivity index (χ1) is 12.6. The molecule has 9 nitrogen and oxygen atoms in total. The molecule has 0 saturated carbocycles. The lowest BCUT2D eigenvalue weighted by molar-refractivity contribution is -0.114. The number of ether oxygens (including phenoxy) is 2. The van der Waals surface area contributed by atoms with Crippen LogP contribution in [-0.4, -0.2) is 51.0 Å². The van der Waals surface area contributed by atoms with E-state index in [9.17, 15) is 4.79 Å². The minimum absolute atomic E-state index is 0.185. The van der Waals surface area contributed by atoms with Crippen molar-refractivity contribution in [2.45, 2.75) is 18.9 Å². The Morgan fingerprint density at radius 3 is 2.92 bits per heavy atom. The quantitative estimate of drug-likeness (QED) is 0.756. The maximum absolute atomic E-state index is 11.3. The zero-order chi connectivity index (χ0) is 18.1. The lowest BCUT2D eigenvalue weighted by Gasteiger charge is -2.25. The second-order valence-corrected chi connectivity index (χ2v) is 6.13. The van der Waals surface area contributed by atoms with Crippen LogP contribution in [-0.2, 0) is 19.9 Å². The number of carbonyl (C=O) groups excluding carboxylic acids is 1. The molecule has 4 rings (SSSR count). The van der Waals surface area contributed by atoms with Crippen molar-refractivity contribution in [3.63, 3.8) is 0 Å². The van der Waals surface area contributed by atoms with Gasteiger partial charge in [-0.2, -0.15) is 5.10 Å². The van der Waals surface area contributed by atoms with E-state index in [1.165, 1.54) is 13.3 Å². The number of pyridine rings is 1. The van der Waals surface area contributed by atoms with Gasteiger partial charge in [-0.15, -0.1) is 0 Å². The molecule has 134 valence electrons. The third kappa shape index (κ3) is 2.80. The van der Waals surface area contributed by atoms with Crippen molar-refractivity contribution in [2.24, 2.45) is 0 Å². The molecule has 4 heterocycles. The average molecular weight is 354 g/mol. The summed E-state index contributed by atoms with van der Waals surface area (Å²) in [5.74, 6) is 0.877. The van der Waals surface area contributed by atoms with Gasteiger partial charge < -0.3 is 14.8 Å². The first-order valence-corrected chi connectivity index (χ1v) is 8.18. The number of rotatable bonds is 4. The lowest BCUT2D eigenvalue weighted by Crippen LogP contribution is -2.30. The van der Waals surface area contributed by atoms with Crippen molar-refractivity contribution < 1.29 is 14.3 Å². The smallest absolute Gasteiger partial charge is 0.222 e. The van der Waals surface area contributed by atoms with E-state index in [1.54, 1.807) is 30.3 Å². The van der Waals surface area contributed by atoms with Crippen LogP contribution in [0.1, 0.15) is 19.0 Å². The molecule has 1 amide bonds. The Morgan fingerprint density at radius 1 is 1.31 bits per heavy atom. The summed E-state index contributed by atoms with van der Waals surface area (Å²) in [6, 6.07) is 3.61. The molecule has 0 aliphatic carbocycles. The number of fused-ring (bicyclic) bond motifs is 1. The van der Waals surface area contributed by atoms with Crippen LogP contribution in [0.25, 0.3) is 16.7 Å². The zero-order valence-electron chi connectivity index (χ0n) is 14.5. The van der Waals surface area contributed by atoms with Crippen LogP contribution in [0.4, 0.5) is 5.82 Å². The SMILES string of the molecule is COC1(c2cc(-n3ncc4cnc(NC(C)=O)cc43)ncn2)CCOC1. The van der Waals surface area contributed by atoms with Crippen molar-refractivity contribution in [3.05, 3.63) is 36.5 Å². The fourth-order valence-corrected chi connectivity index (χ4v) is 3.08. The van der Waals surface area contributed by atoms with Crippen LogP contribution >= 0.6 is 0 Å². The Hall–Kier alpha value is -2.91. The molecule has 1 aliphatic rings. The summed E-state index contributed by atoms with van der Waals surface area (Å²) < 4.78 is 12.9. The van der Waals surface area contributed by atoms with Gasteiger partial charge >= 0.3 is 0 Å². The minimum Gasteiger partial charge on any atom is -0.378 e. The maximum Gasteiger partial charge on any atom is 0.222 e. The molecule has 0 aromatic carbocycles. The number of methoxy groups -OCH3 is 1. The number of nitrogens with zero attached hydrogens (tertiary/aromatic N) is 5. The van der Waals surface area contributed by atoms with Crippen molar-refractivity contribution in [1.82, 2.24) is 24.7 Å². The molecular formula is C17H18N6O3. The van der Waals surface area contributed by atoms with Crippen LogP contribution in [0.5, 0.6) is 0 Å². The van der Waals surface area contributed by atoms with Gasteiger partial charge in [-0.3, -0.25) is 4.79 Å². The van der Waals surface area contributed by atoms with E-state index < -0.39 is 5.60 Å². The van der Waals surface area contributed by atoms with E-state index >= 15 is 0 Å². The summed E-state index contributed by atoms with van der Waals surface area (Å²) in [5, 5.41) is 7.92. The Morgan fingerprint density at radius 2 is 2.19 bits per heavy atom. The molecular weight excluding hydrogens is 336 g/mol. The van der Waals surface area contributed by atoms with Crippen LogP contribution < -0.4 is 5.32 Å². The van der Waals surface area contributed by atoms with Gasteiger partial charge in [-0.1, -0.05) is 0 Å². The van der Waals surface area contributed by atoms with Crippen molar-refractivity contribution in [2.75, 3.05) is 25.6 Å². The topological polar surface area (TPSA) is 104 Å². The van der Waals surface area contributed by atoms with Crippen LogP contribution in [0, 0.1) is 0 Å². The van der Waals surface area contributed by atoms with E-state index in [2.05, 4.69) is 25.4 Å². The molecule has 1 fully saturated rings. The summed E-state index contributed by atoms with van der Waals surface area (Å²) in [6.45, 7) is 2.52. The van der Waals surface area contributed by atoms with E-state index in [-0.39, 0.29) is 5.91 Å². The molecule has 0 bridgehead atoms. The molecule has 0 radical (unpaired) electrons. The summed E-state index contributed by atoms with van der Waals surface area (Å²) in [7, 11) is 1.66. The van der Waals surface area contributed by atoms with Gasteiger partial charge in [0.15, 0.2) is 5.82 Å². The van der Waals surface area contributed by atoms with Gasteiger partial charge in [-0.25, -0.2) is 19.6 Å². The number of aromatic nitrogens is 5. The van der Waals surface area contributed by atoms with Crippen LogP contribution in [0.2, 0.25) is 0 Å². The van der Waals surface area contributed by atoms with Crippen molar-refractivity contribution >= 4 is 22.6 Å². The summed E-state index contributed by atoms with van der Waals surface area (Å²) in [6.07, 6.45) is 5.59. The number of hydrogen-bond acceptors (Lipinski definition) is 7. The van der Waals surface area contributed by atoms with E-state index in [0.717, 1.165) is 23.0 Å². The highest BCUT2D eigenvalue weighted by molar-refractivity contribution is 5.90. The zero-order valence-corrected chi connectivity index (χ0v) is 14.5. The highest BCUT2D eigenvalue weighted by Gasteiger charge is 2.38. The lowest BCUT2D eigenvalue weighted by atomic mass is 9.98. The minimum atomic E-state index is -0.566. The number of anilines is 1. The van der Waals surface area contributed by atoms with Crippen LogP contribution in [0.3, 0.4) is 0 Å². The van der Waals surface area contributed by atoms with E-state index in [0.29, 0.717) is 24.8 Å². The van der Waals surface area contributed by atoms with Gasteiger partial charge in [0.1, 0.15) is 17.7 Å². The van der Waals surface area contributed by atoms with Gasteiger partial charge in [0.2, 0.25) is 5.91 Å². The Bertz CT molecular complexity index is 964. The predicted molar refractivity (Wildman–Crippen MR) is 92.9 cm³/mol. The second kappa shape index (κ2) is 6.43. The summed E-state index contributed by atoms with van der Waals surface area (Å²) in [5.41, 5.74) is 0.966. The Labute approximate surface area is 149 Å². The molecule has 26 heavy (non-hydrogen) atoms. The van der Waals surface area contributed by atoms with Crippen molar-refractivity contribution in [3.8, 4) is 5.82 Å². The van der Waals surface area contributed by atoms with Crippen LogP contribution in [0.15, 0.2) is 30.9 Å². The molecule has 1 unspecified atom stereocenters. The summed E-state index contributed by atoms with van der Waals surface area (Å²) >= 11 is 0. The van der Waals surface area contributed by atoms with Gasteiger partial charge in [-0.05, 0) is 0 Å². The Kier molecular flexibility index (Phi) is 4.09. The number of carbonyl (C=O) groups is 1. The molecule has 1 N–H and O–H groups in total. The molecule has 1 atom stereocenters. The standard InChI is InChI=1S/C17H18N6O3/c1-11(24)22-15-5-13-12(7-18-15)8-21-23(13)16-6-14(19-10-20-16)17(25-2)3-4-26-9-17/h5-8,10H,3-4,9H2,1-2H3,(H,18,22,24). The fraction of sp³-hybridized carbons (Fsp3) is 0.353. The molecule has 1 saturated heterocycles. The maximum atomic E-state index is 11.3. The molecule has 0 spiro atoms. The predicted octanol–water partition coefficient (Wildman–Crippen LogP) is 1.43. The molecule has 3 aromatic rings. The van der Waals surface area contributed by atoms with Gasteiger partial charge in [0.25, 0.3) is 0 Å². The largest absolute Gasteiger partial charge is 0.378 e. The molecule has 3 aromatic heterocycles. The molecule has 9 heteroatoms. The van der Waals surface area contributed by atoms with E-state index in [1.807, 2.05) is 6.07 Å². The Balaban J connectivity index is 1.78. The number of nitrogens with one attached hydrogen (secondary N) is 1. The van der Waals surface area contributed by atoms with Gasteiger partial charge in [0.05, 0.1) is 24.0 Å². The van der Waals surface area contributed by atoms with E-state index in [4.69, 9.17) is 9.47 Å². The average Bonchev–Trinajstić information content (AvgIpc) is 3.29. The summed E-state index contributed by atoms with van der Waals surface area (Å²) in [4.78, 5) is 24.2. The number of amides is 1. The van der Waals surface area contributed by atoms with Crippen molar-refractivity contribution in [1.29, 1.82) is 0 Å². The monoisotopic (exact) mass is 354 g/mol. The first-order valence-electron chi connectivity index (χ1n) is 8.18. The fourth-order valence-electron chi connectivity index (χ4n) is 3.08.